The van der Waals surface area contributed by atoms with Gasteiger partial charge in [0, 0.05) is 12.8 Å². The van der Waals surface area contributed by atoms with E-state index in [2.05, 4.69) is 0 Å². The van der Waals surface area contributed by atoms with Crippen molar-refractivity contribution in [1.82, 2.24) is 4.90 Å². The van der Waals surface area contributed by atoms with Crippen LogP contribution >= 0.6 is 0 Å². The Balaban J connectivity index is 2.73. The molecule has 0 aliphatic carbocycles. The highest BCUT2D eigenvalue weighted by Gasteiger charge is 2.32. The number of carbonyl (C=O) groups excluding carboxylic acids is 2. The third kappa shape index (κ3) is 2.06. The summed E-state index contributed by atoms with van der Waals surface area (Å²) < 4.78 is 0. The van der Waals surface area contributed by atoms with Crippen LogP contribution in [0.4, 0.5) is 0 Å². The lowest BCUT2D eigenvalue weighted by molar-refractivity contribution is -0.153. The molecular formula is C9H15NO3. The van der Waals surface area contributed by atoms with E-state index in [-0.39, 0.29) is 30.4 Å². The average molecular weight is 185 g/mol. The van der Waals surface area contributed by atoms with Gasteiger partial charge in [0.1, 0.15) is 0 Å². The molecule has 13 heavy (non-hydrogen) atoms. The van der Waals surface area contributed by atoms with Crippen molar-refractivity contribution in [3.8, 4) is 0 Å². The number of aliphatic hydroxyl groups is 1. The molecule has 0 saturated carbocycles. The Labute approximate surface area is 77.5 Å². The molecule has 0 aromatic rings. The molecule has 0 aromatic heterocycles. The molecule has 1 heterocycles. The highest BCUT2D eigenvalue weighted by molar-refractivity contribution is 5.98. The van der Waals surface area contributed by atoms with Crippen LogP contribution in [0.3, 0.4) is 0 Å². The molecule has 1 saturated heterocycles. The SMILES string of the molecule is CC1CC(=O)N([C@H](C)CO)C(=O)C1. The smallest absolute Gasteiger partial charge is 0.229 e. The summed E-state index contributed by atoms with van der Waals surface area (Å²) in [6.07, 6.45) is 0.826. The van der Waals surface area contributed by atoms with Crippen molar-refractivity contribution in [3.05, 3.63) is 0 Å². The number of piperidine rings is 1. The standard InChI is InChI=1S/C9H15NO3/c1-6-3-8(12)10(7(2)5-11)9(13)4-6/h6-7,11H,3-5H2,1-2H3/t7-/m1/s1. The van der Waals surface area contributed by atoms with Crippen LogP contribution in [0, 0.1) is 5.92 Å². The number of amides is 2. The molecule has 0 aromatic carbocycles. The fourth-order valence-corrected chi connectivity index (χ4v) is 1.58. The lowest BCUT2D eigenvalue weighted by atomic mass is 9.97. The molecule has 0 unspecified atom stereocenters. The van der Waals surface area contributed by atoms with Crippen molar-refractivity contribution < 1.29 is 14.7 Å². The van der Waals surface area contributed by atoms with E-state index < -0.39 is 0 Å². The van der Waals surface area contributed by atoms with E-state index in [0.717, 1.165) is 0 Å². The van der Waals surface area contributed by atoms with E-state index in [0.29, 0.717) is 12.8 Å². The van der Waals surface area contributed by atoms with Gasteiger partial charge in [-0.2, -0.15) is 0 Å². The summed E-state index contributed by atoms with van der Waals surface area (Å²) in [7, 11) is 0. The van der Waals surface area contributed by atoms with Crippen LogP contribution in [0.2, 0.25) is 0 Å². The largest absolute Gasteiger partial charge is 0.394 e. The fourth-order valence-electron chi connectivity index (χ4n) is 1.58. The van der Waals surface area contributed by atoms with Crippen molar-refractivity contribution in [3.63, 3.8) is 0 Å². The van der Waals surface area contributed by atoms with Gasteiger partial charge in [-0.25, -0.2) is 0 Å². The van der Waals surface area contributed by atoms with Gasteiger partial charge in [-0.1, -0.05) is 6.92 Å². The first-order chi connectivity index (χ1) is 6.06. The zero-order valence-electron chi connectivity index (χ0n) is 7.99. The molecule has 1 fully saturated rings. The zero-order valence-corrected chi connectivity index (χ0v) is 7.99. The van der Waals surface area contributed by atoms with E-state index >= 15 is 0 Å². The molecule has 1 N–H and O–H groups in total. The summed E-state index contributed by atoms with van der Waals surface area (Å²) in [5.74, 6) is -0.183. The number of hydrogen-bond acceptors (Lipinski definition) is 3. The fraction of sp³-hybridized carbons (Fsp3) is 0.778. The summed E-state index contributed by atoms with van der Waals surface area (Å²) in [6.45, 7) is 3.40. The number of likely N-dealkylation sites (tertiary alicyclic amines) is 1. The van der Waals surface area contributed by atoms with Gasteiger partial charge in [0.25, 0.3) is 0 Å². The number of aliphatic hydroxyl groups excluding tert-OH is 1. The van der Waals surface area contributed by atoms with Gasteiger partial charge < -0.3 is 5.11 Å². The number of nitrogens with zero attached hydrogens (tertiary/aromatic N) is 1. The second kappa shape index (κ2) is 3.87. The van der Waals surface area contributed by atoms with Gasteiger partial charge in [-0.05, 0) is 12.8 Å². The van der Waals surface area contributed by atoms with Crippen LogP contribution in [0.25, 0.3) is 0 Å². The molecule has 4 nitrogen and oxygen atoms in total. The molecule has 1 atom stereocenters. The Hall–Kier alpha value is -0.900. The summed E-state index contributed by atoms with van der Waals surface area (Å²) in [5.41, 5.74) is 0. The predicted molar refractivity (Wildman–Crippen MR) is 46.8 cm³/mol. The first-order valence-electron chi connectivity index (χ1n) is 4.52. The predicted octanol–water partition coefficient (Wildman–Crippen LogP) is 0.152. The van der Waals surface area contributed by atoms with Gasteiger partial charge in [0.15, 0.2) is 0 Å². The molecule has 2 amide bonds. The maximum absolute atomic E-state index is 11.4. The maximum Gasteiger partial charge on any atom is 0.229 e. The first kappa shape index (κ1) is 10.2. The average Bonchev–Trinajstić information content (AvgIpc) is 2.02. The quantitative estimate of drug-likeness (QED) is 0.623. The molecular weight excluding hydrogens is 170 g/mol. The van der Waals surface area contributed by atoms with E-state index in [1.165, 1.54) is 4.90 Å². The van der Waals surface area contributed by atoms with E-state index in [4.69, 9.17) is 5.11 Å². The monoisotopic (exact) mass is 185 g/mol. The summed E-state index contributed by atoms with van der Waals surface area (Å²) in [5, 5.41) is 8.84. The van der Waals surface area contributed by atoms with Crippen molar-refractivity contribution in [2.24, 2.45) is 5.92 Å². The normalized spacial score (nSPS) is 22.2. The number of hydrogen-bond donors (Lipinski definition) is 1. The van der Waals surface area contributed by atoms with Crippen LogP contribution in [0.1, 0.15) is 26.7 Å². The lowest BCUT2D eigenvalue weighted by Crippen LogP contribution is -2.49. The Kier molecular flexibility index (Phi) is 3.03. The van der Waals surface area contributed by atoms with Crippen molar-refractivity contribution in [1.29, 1.82) is 0 Å². The number of carbonyl (C=O) groups is 2. The number of imide groups is 1. The molecule has 0 bridgehead atoms. The Bertz CT molecular complexity index is 209. The minimum Gasteiger partial charge on any atom is -0.394 e. The molecule has 0 spiro atoms. The van der Waals surface area contributed by atoms with Crippen molar-refractivity contribution >= 4 is 11.8 Å². The van der Waals surface area contributed by atoms with Crippen molar-refractivity contribution in [2.75, 3.05) is 6.61 Å². The second-order valence-corrected chi connectivity index (χ2v) is 3.70. The minimum atomic E-state index is -0.382. The molecule has 1 rings (SSSR count). The lowest BCUT2D eigenvalue weighted by Gasteiger charge is -2.32. The van der Waals surface area contributed by atoms with Gasteiger partial charge >= 0.3 is 0 Å². The van der Waals surface area contributed by atoms with E-state index in [1.54, 1.807) is 6.92 Å². The van der Waals surface area contributed by atoms with Gasteiger partial charge in [-0.3, -0.25) is 14.5 Å². The van der Waals surface area contributed by atoms with Crippen LogP contribution < -0.4 is 0 Å². The van der Waals surface area contributed by atoms with Gasteiger partial charge in [-0.15, -0.1) is 0 Å². The van der Waals surface area contributed by atoms with E-state index in [9.17, 15) is 9.59 Å². The van der Waals surface area contributed by atoms with Crippen LogP contribution in [-0.2, 0) is 9.59 Å². The second-order valence-electron chi connectivity index (χ2n) is 3.70. The summed E-state index contributed by atoms with van der Waals surface area (Å²) >= 11 is 0. The van der Waals surface area contributed by atoms with Crippen molar-refractivity contribution in [2.45, 2.75) is 32.7 Å². The Morgan fingerprint density at radius 1 is 1.46 bits per heavy atom. The topological polar surface area (TPSA) is 57.6 Å². The molecule has 4 heteroatoms. The first-order valence-corrected chi connectivity index (χ1v) is 4.52. The van der Waals surface area contributed by atoms with Crippen LogP contribution in [-0.4, -0.2) is 34.5 Å². The Morgan fingerprint density at radius 2 is 1.92 bits per heavy atom. The molecule has 0 radical (unpaired) electrons. The highest BCUT2D eigenvalue weighted by Crippen LogP contribution is 2.20. The van der Waals surface area contributed by atoms with Gasteiger partial charge in [0.2, 0.25) is 11.8 Å². The van der Waals surface area contributed by atoms with E-state index in [1.807, 2.05) is 6.92 Å². The summed E-state index contributed by atoms with van der Waals surface area (Å²) in [4.78, 5) is 24.0. The third-order valence-corrected chi connectivity index (χ3v) is 2.29. The van der Waals surface area contributed by atoms with Crippen LogP contribution in [0.15, 0.2) is 0 Å². The highest BCUT2D eigenvalue weighted by atomic mass is 16.3. The zero-order chi connectivity index (χ0) is 10.0. The third-order valence-electron chi connectivity index (χ3n) is 2.29. The van der Waals surface area contributed by atoms with Crippen LogP contribution in [0.5, 0.6) is 0 Å². The number of rotatable bonds is 2. The molecule has 1 aliphatic rings. The molecule has 1 aliphatic heterocycles. The minimum absolute atomic E-state index is 0.141. The maximum atomic E-state index is 11.4. The van der Waals surface area contributed by atoms with Gasteiger partial charge in [0.05, 0.1) is 12.6 Å². The Morgan fingerprint density at radius 3 is 2.31 bits per heavy atom. The molecule has 74 valence electrons. The summed E-state index contributed by atoms with van der Waals surface area (Å²) in [6, 6.07) is -0.382.